The van der Waals surface area contributed by atoms with E-state index in [2.05, 4.69) is 0 Å². The van der Waals surface area contributed by atoms with E-state index in [1.807, 2.05) is 11.4 Å². The molecule has 0 aliphatic heterocycles. The summed E-state index contributed by atoms with van der Waals surface area (Å²) < 4.78 is 38.3. The normalized spacial score (nSPS) is 11.6. The van der Waals surface area contributed by atoms with Gasteiger partial charge in [0.25, 0.3) is 0 Å². The molecule has 0 aliphatic rings. The van der Waals surface area contributed by atoms with Gasteiger partial charge < -0.3 is 0 Å². The molecule has 0 saturated carbocycles. The maximum Gasteiger partial charge on any atom is 0.416 e. The second-order valence-corrected chi connectivity index (χ2v) is 5.19. The van der Waals surface area contributed by atoms with Crippen LogP contribution in [0.5, 0.6) is 0 Å². The molecule has 2 rings (SSSR count). The van der Waals surface area contributed by atoms with E-state index in [9.17, 15) is 18.0 Å². The van der Waals surface area contributed by atoms with Gasteiger partial charge in [-0.25, -0.2) is 0 Å². The molecule has 0 aliphatic carbocycles. The summed E-state index contributed by atoms with van der Waals surface area (Å²) in [5.41, 5.74) is -0.607. The van der Waals surface area contributed by atoms with Crippen molar-refractivity contribution in [3.63, 3.8) is 0 Å². The van der Waals surface area contributed by atoms with Crippen LogP contribution in [0.15, 0.2) is 35.7 Å². The number of rotatable bonds is 3. The lowest BCUT2D eigenvalue weighted by molar-refractivity contribution is -0.138. The number of halogens is 3. The Morgan fingerprint density at radius 2 is 1.95 bits per heavy atom. The lowest BCUT2D eigenvalue weighted by Gasteiger charge is -2.13. The summed E-state index contributed by atoms with van der Waals surface area (Å²) in [6.07, 6.45) is -4.29. The maximum atomic E-state index is 12.8. The van der Waals surface area contributed by atoms with Crippen LogP contribution in [-0.2, 0) is 12.6 Å². The number of thiophene rings is 1. The van der Waals surface area contributed by atoms with Gasteiger partial charge in [0.1, 0.15) is 0 Å². The van der Waals surface area contributed by atoms with Crippen LogP contribution >= 0.6 is 11.3 Å². The number of carbonyl (C=O) groups excluding carboxylic acids is 1. The van der Waals surface area contributed by atoms with Gasteiger partial charge in [0, 0.05) is 16.9 Å². The van der Waals surface area contributed by atoms with E-state index in [-0.39, 0.29) is 23.3 Å². The average Bonchev–Trinajstić information content (AvgIpc) is 2.80. The number of hydrogen-bond donors (Lipinski definition) is 0. The molecule has 0 N–H and O–H groups in total. The van der Waals surface area contributed by atoms with Gasteiger partial charge in [0.15, 0.2) is 5.78 Å². The van der Waals surface area contributed by atoms with Crippen molar-refractivity contribution in [1.29, 1.82) is 0 Å². The molecule has 0 atom stereocenters. The van der Waals surface area contributed by atoms with E-state index in [4.69, 9.17) is 0 Å². The lowest BCUT2D eigenvalue weighted by Crippen LogP contribution is -2.12. The monoisotopic (exact) mass is 284 g/mol. The van der Waals surface area contributed by atoms with Gasteiger partial charge in [-0.1, -0.05) is 18.2 Å². The minimum atomic E-state index is -4.43. The molecule has 19 heavy (non-hydrogen) atoms. The second kappa shape index (κ2) is 5.17. The van der Waals surface area contributed by atoms with E-state index in [1.165, 1.54) is 30.4 Å². The second-order valence-electron chi connectivity index (χ2n) is 4.16. The van der Waals surface area contributed by atoms with Gasteiger partial charge in [-0.05, 0) is 30.0 Å². The van der Waals surface area contributed by atoms with Crippen LogP contribution in [0, 0.1) is 6.92 Å². The first-order valence-corrected chi connectivity index (χ1v) is 6.50. The molecule has 0 fully saturated rings. The van der Waals surface area contributed by atoms with Crippen LogP contribution in [0.25, 0.3) is 0 Å². The molecule has 1 aromatic carbocycles. The number of carbonyl (C=O) groups is 1. The van der Waals surface area contributed by atoms with Crippen LogP contribution in [0.2, 0.25) is 0 Å². The van der Waals surface area contributed by atoms with Crippen molar-refractivity contribution in [2.75, 3.05) is 0 Å². The third-order valence-electron chi connectivity index (χ3n) is 2.85. The molecule has 0 unspecified atom stereocenters. The van der Waals surface area contributed by atoms with Gasteiger partial charge >= 0.3 is 6.18 Å². The first-order chi connectivity index (χ1) is 8.89. The molecule has 100 valence electrons. The highest BCUT2D eigenvalue weighted by molar-refractivity contribution is 7.10. The molecular weight excluding hydrogens is 273 g/mol. The Morgan fingerprint density at radius 1 is 1.21 bits per heavy atom. The van der Waals surface area contributed by atoms with E-state index < -0.39 is 11.7 Å². The van der Waals surface area contributed by atoms with Crippen LogP contribution in [0.4, 0.5) is 13.2 Å². The Hall–Kier alpha value is -1.62. The van der Waals surface area contributed by atoms with Crippen molar-refractivity contribution < 1.29 is 18.0 Å². The zero-order valence-corrected chi connectivity index (χ0v) is 10.9. The molecule has 0 amide bonds. The van der Waals surface area contributed by atoms with Crippen molar-refractivity contribution in [3.8, 4) is 0 Å². The summed E-state index contributed by atoms with van der Waals surface area (Å²) in [4.78, 5) is 12.9. The summed E-state index contributed by atoms with van der Waals surface area (Å²) >= 11 is 1.42. The predicted molar refractivity (Wildman–Crippen MR) is 68.5 cm³/mol. The van der Waals surface area contributed by atoms with Crippen LogP contribution < -0.4 is 0 Å². The van der Waals surface area contributed by atoms with Crippen molar-refractivity contribution in [2.24, 2.45) is 0 Å². The quantitative estimate of drug-likeness (QED) is 0.758. The maximum absolute atomic E-state index is 12.8. The Bertz CT molecular complexity index is 585. The SMILES string of the molecule is Cc1c(C(=O)Cc2cccs2)cccc1C(F)(F)F. The first-order valence-electron chi connectivity index (χ1n) is 5.62. The standard InChI is InChI=1S/C14H11F3OS/c1-9-11(5-2-6-12(9)14(15,16)17)13(18)8-10-4-3-7-19-10/h2-7H,8H2,1H3. The highest BCUT2D eigenvalue weighted by Crippen LogP contribution is 2.33. The fourth-order valence-corrected chi connectivity index (χ4v) is 2.61. The fourth-order valence-electron chi connectivity index (χ4n) is 1.91. The minimum absolute atomic E-state index is 0.00319. The van der Waals surface area contributed by atoms with Gasteiger partial charge in [-0.15, -0.1) is 11.3 Å². The summed E-state index contributed by atoms with van der Waals surface area (Å²) in [6, 6.07) is 7.33. The summed E-state index contributed by atoms with van der Waals surface area (Å²) in [5, 5.41) is 1.83. The van der Waals surface area contributed by atoms with Crippen LogP contribution in [0.3, 0.4) is 0 Å². The highest BCUT2D eigenvalue weighted by Gasteiger charge is 2.33. The Morgan fingerprint density at radius 3 is 2.53 bits per heavy atom. The predicted octanol–water partition coefficient (Wildman–Crippen LogP) is 4.50. The zero-order chi connectivity index (χ0) is 14.0. The van der Waals surface area contributed by atoms with E-state index >= 15 is 0 Å². The highest BCUT2D eigenvalue weighted by atomic mass is 32.1. The topological polar surface area (TPSA) is 17.1 Å². The molecule has 2 aromatic rings. The first kappa shape index (κ1) is 13.8. The molecular formula is C14H11F3OS. The zero-order valence-electron chi connectivity index (χ0n) is 10.1. The molecule has 0 spiro atoms. The Balaban J connectivity index is 2.33. The van der Waals surface area contributed by atoms with Gasteiger partial charge in [0.05, 0.1) is 5.56 Å². The van der Waals surface area contributed by atoms with E-state index in [1.54, 1.807) is 6.07 Å². The molecule has 0 bridgehead atoms. The number of Topliss-reactive ketones (excluding diaryl/α,β-unsaturated/α-hetero) is 1. The van der Waals surface area contributed by atoms with E-state index in [0.29, 0.717) is 0 Å². The van der Waals surface area contributed by atoms with Gasteiger partial charge in [-0.2, -0.15) is 13.2 Å². The van der Waals surface area contributed by atoms with Crippen LogP contribution in [0.1, 0.15) is 26.4 Å². The number of ketones is 1. The summed E-state index contributed by atoms with van der Waals surface area (Å²) in [6.45, 7) is 1.34. The molecule has 1 nitrogen and oxygen atoms in total. The summed E-state index contributed by atoms with van der Waals surface area (Å²) in [7, 11) is 0. The van der Waals surface area contributed by atoms with Crippen molar-refractivity contribution in [1.82, 2.24) is 0 Å². The molecule has 1 heterocycles. The van der Waals surface area contributed by atoms with Crippen molar-refractivity contribution >= 4 is 17.1 Å². The van der Waals surface area contributed by atoms with Crippen LogP contribution in [-0.4, -0.2) is 5.78 Å². The smallest absolute Gasteiger partial charge is 0.294 e. The third kappa shape index (κ3) is 3.04. The van der Waals surface area contributed by atoms with Crippen molar-refractivity contribution in [3.05, 3.63) is 57.3 Å². The van der Waals surface area contributed by atoms with Gasteiger partial charge in [0.2, 0.25) is 0 Å². The Labute approximate surface area is 112 Å². The molecule has 1 aromatic heterocycles. The third-order valence-corrected chi connectivity index (χ3v) is 3.73. The fraction of sp³-hybridized carbons (Fsp3) is 0.214. The minimum Gasteiger partial charge on any atom is -0.294 e. The lowest BCUT2D eigenvalue weighted by atomic mass is 9.97. The number of benzene rings is 1. The molecule has 5 heteroatoms. The largest absolute Gasteiger partial charge is 0.416 e. The van der Waals surface area contributed by atoms with Crippen molar-refractivity contribution in [2.45, 2.75) is 19.5 Å². The summed E-state index contributed by atoms with van der Waals surface area (Å²) in [5.74, 6) is -0.286. The molecule has 0 saturated heterocycles. The number of hydrogen-bond acceptors (Lipinski definition) is 2. The number of alkyl halides is 3. The van der Waals surface area contributed by atoms with Gasteiger partial charge in [-0.3, -0.25) is 4.79 Å². The Kier molecular flexibility index (Phi) is 3.75. The molecule has 0 radical (unpaired) electrons. The van der Waals surface area contributed by atoms with E-state index in [0.717, 1.165) is 10.9 Å². The average molecular weight is 284 g/mol.